The number of hydrogen-bond donors (Lipinski definition) is 7. The molecule has 74 heavy (non-hydrogen) atoms. The van der Waals surface area contributed by atoms with Crippen molar-refractivity contribution in [1.82, 2.24) is 20.4 Å². The summed E-state index contributed by atoms with van der Waals surface area (Å²) in [6.07, 6.45) is 2.92. The maximum absolute atomic E-state index is 7.21. The molecule has 5 aromatic carbocycles. The summed E-state index contributed by atoms with van der Waals surface area (Å²) >= 11 is 13.2. The summed E-state index contributed by atoms with van der Waals surface area (Å²) in [7, 11) is 5.06. The molecule has 0 radical (unpaired) electrons. The zero-order valence-corrected chi connectivity index (χ0v) is 51.1. The van der Waals surface area contributed by atoms with Gasteiger partial charge in [-0.05, 0) is 125 Å². The summed E-state index contributed by atoms with van der Waals surface area (Å²) in [4.78, 5) is 14.3. The molecule has 0 saturated heterocycles. The number of halogens is 4. The van der Waals surface area contributed by atoms with Crippen LogP contribution in [0.15, 0.2) is 128 Å². The second-order valence-corrected chi connectivity index (χ2v) is 21.8. The number of rotatable bonds is 19. The van der Waals surface area contributed by atoms with Crippen LogP contribution in [0.3, 0.4) is 0 Å². The molecule has 0 bridgehead atoms. The van der Waals surface area contributed by atoms with Crippen LogP contribution in [0, 0.1) is 10.8 Å². The number of aliphatic imine (C=N–C) groups is 2. The highest BCUT2D eigenvalue weighted by molar-refractivity contribution is 9.10. The van der Waals surface area contributed by atoms with E-state index in [2.05, 4.69) is 94.8 Å². The van der Waals surface area contributed by atoms with Crippen LogP contribution in [-0.2, 0) is 42.3 Å². The van der Waals surface area contributed by atoms with Crippen molar-refractivity contribution >= 4 is 134 Å². The molecule has 404 valence electrons. The summed E-state index contributed by atoms with van der Waals surface area (Å²) < 4.78 is 17.6. The van der Waals surface area contributed by atoms with Gasteiger partial charge in [-0.2, -0.15) is 0 Å². The number of nitrogens with two attached hydrogens (primary N) is 3. The van der Waals surface area contributed by atoms with Crippen molar-refractivity contribution in [2.75, 3.05) is 67.6 Å². The van der Waals surface area contributed by atoms with Gasteiger partial charge in [-0.25, -0.2) is 9.98 Å². The molecule has 7 rings (SSSR count). The van der Waals surface area contributed by atoms with Gasteiger partial charge in [-0.3, -0.25) is 20.6 Å². The maximum Gasteiger partial charge on any atom is 0.159 e. The highest BCUT2D eigenvalue weighted by atomic mass is 79.9. The molecule has 0 atom stereocenters. The Kier molecular flexibility index (Phi) is 33.7. The quantitative estimate of drug-likeness (QED) is 0.0303. The topological polar surface area (TPSA) is 209 Å². The number of amidine groups is 4. The zero-order valence-electron chi connectivity index (χ0n) is 41.2. The normalized spacial score (nSPS) is 12.9. The number of nitrogens with zero attached hydrogens (tertiary/aromatic N) is 4. The summed E-state index contributed by atoms with van der Waals surface area (Å²) in [5.41, 5.74) is 24.8. The third kappa shape index (κ3) is 25.2. The van der Waals surface area contributed by atoms with E-state index in [4.69, 9.17) is 52.2 Å². The molecule has 0 saturated carbocycles. The number of benzene rings is 5. The van der Waals surface area contributed by atoms with E-state index in [1.807, 2.05) is 66.7 Å². The molecule has 14 nitrogen and oxygen atoms in total. The molecule has 0 aromatic heterocycles. The fraction of sp³-hybridized carbons (Fsp3) is 0.346. The Morgan fingerprint density at radius 2 is 0.905 bits per heavy atom. The lowest BCUT2D eigenvalue weighted by molar-refractivity contribution is 0.270. The number of hydrogen-bond acceptors (Lipinski definition) is 16. The molecule has 0 unspecified atom stereocenters. The lowest BCUT2D eigenvalue weighted by Crippen LogP contribution is -2.42. The first kappa shape index (κ1) is 66.7. The minimum atomic E-state index is 0. The van der Waals surface area contributed by atoms with E-state index in [1.165, 1.54) is 51.3 Å². The monoisotopic (exact) mass is 1340 g/mol. The van der Waals surface area contributed by atoms with Gasteiger partial charge in [0.05, 0.1) is 48.0 Å². The first-order chi connectivity index (χ1) is 34.4. The average Bonchev–Trinajstić information content (AvgIpc) is 3.39. The molecule has 0 aliphatic carbocycles. The number of nitrogens with one attached hydrogen (secondary N) is 4. The van der Waals surface area contributed by atoms with Gasteiger partial charge < -0.3 is 42.0 Å². The molecule has 22 heteroatoms. The standard InChI is InChI=1S/C32H39BrN6O2S2.C10H13BrN4S2.C9H13NO.CH4.2BrH/c1-40-29-9-3-24(4-10-29)13-15-38-20-34-31(35-21-38)42-18-26-7-8-28(33)17-27(26)19-43-32-36-22-39(23-37-32)16-14-25-5-11-30(41-2)12-6-25;11-8-2-1-6(4-16-9(12)13)7(3-8)5-17-10(14)15;1-11-9-4-2-8(3-5-9)6-7-10;;;/h3-12,17H,13-16,18-23H2,1-2H3,(H,34,35)(H,36,37);1-3H,4-5H2,(H3,12,13)(H3,14,15);2-5H,6-7,10H2,1H3;1H4;2*1H. The number of thioether (sulfide) groups is 4. The van der Waals surface area contributed by atoms with Crippen LogP contribution in [0.4, 0.5) is 0 Å². The molecule has 5 aromatic rings. The second kappa shape index (κ2) is 37.4. The summed E-state index contributed by atoms with van der Waals surface area (Å²) in [6.45, 7) is 5.69. The number of methoxy groups -OCH3 is 3. The molecule has 0 fully saturated rings. The van der Waals surface area contributed by atoms with Gasteiger partial charge in [0.2, 0.25) is 0 Å². The van der Waals surface area contributed by atoms with E-state index in [-0.39, 0.29) is 51.7 Å². The van der Waals surface area contributed by atoms with Gasteiger partial charge in [0.25, 0.3) is 0 Å². The van der Waals surface area contributed by atoms with Gasteiger partial charge in [0.15, 0.2) is 20.7 Å². The highest BCUT2D eigenvalue weighted by Crippen LogP contribution is 2.27. The third-order valence-electron chi connectivity index (χ3n) is 10.9. The van der Waals surface area contributed by atoms with E-state index in [0.717, 1.165) is 118 Å². The molecule has 10 N–H and O–H groups in total. The molecule has 0 amide bonds. The van der Waals surface area contributed by atoms with Crippen LogP contribution in [0.25, 0.3) is 0 Å². The van der Waals surface area contributed by atoms with E-state index < -0.39 is 0 Å². The van der Waals surface area contributed by atoms with Gasteiger partial charge in [-0.1, -0.05) is 135 Å². The van der Waals surface area contributed by atoms with E-state index in [1.54, 1.807) is 44.9 Å². The first-order valence-corrected chi connectivity index (χ1v) is 28.3. The Morgan fingerprint density at radius 3 is 1.26 bits per heavy atom. The minimum absolute atomic E-state index is 0. The van der Waals surface area contributed by atoms with Gasteiger partial charge in [0, 0.05) is 45.0 Å². The smallest absolute Gasteiger partial charge is 0.159 e. The molecule has 2 aliphatic heterocycles. The Morgan fingerprint density at radius 1 is 0.554 bits per heavy atom. The Balaban J connectivity index is 0.000000497. The molecular formula is C52H71Br4N11O3S4. The lowest BCUT2D eigenvalue weighted by Gasteiger charge is -2.27. The molecule has 2 heterocycles. The summed E-state index contributed by atoms with van der Waals surface area (Å²) in [6, 6.07) is 37.1. The number of ether oxygens (including phenoxy) is 3. The van der Waals surface area contributed by atoms with Gasteiger partial charge in [-0.15, -0.1) is 34.0 Å². The third-order valence-corrected chi connectivity index (χ3v) is 15.4. The predicted molar refractivity (Wildman–Crippen MR) is 338 cm³/mol. The van der Waals surface area contributed by atoms with Crippen LogP contribution in [-0.4, -0.2) is 98.1 Å². The van der Waals surface area contributed by atoms with E-state index >= 15 is 0 Å². The molecule has 0 spiro atoms. The Hall–Kier alpha value is -3.42. The maximum atomic E-state index is 7.21. The second-order valence-electron chi connectivity index (χ2n) is 16.0. The van der Waals surface area contributed by atoms with Crippen molar-refractivity contribution in [2.24, 2.45) is 27.2 Å². The van der Waals surface area contributed by atoms with Crippen molar-refractivity contribution in [3.8, 4) is 17.2 Å². The van der Waals surface area contributed by atoms with Crippen LogP contribution >= 0.6 is 113 Å². The summed E-state index contributed by atoms with van der Waals surface area (Å²) in [5, 5.41) is 23.6. The average molecular weight is 1350 g/mol. The SMILES string of the molecule is Br.Br.C.COc1ccc(CCN)cc1.COc1ccc(CCN2CN=C(SCc3ccc(Br)cc3CSC3=NCN(CCc4ccc(OC)cc4)CN3)NC2)cc1.N=C(N)SCc1ccc(Br)cc1CSC(=N)N. The fourth-order valence-corrected chi connectivity index (χ4v) is 10.6. The Labute approximate surface area is 493 Å². The van der Waals surface area contributed by atoms with Crippen molar-refractivity contribution in [3.05, 3.63) is 157 Å². The molecule has 2 aliphatic rings. The van der Waals surface area contributed by atoms with Crippen LogP contribution in [0.1, 0.15) is 46.4 Å². The highest BCUT2D eigenvalue weighted by Gasteiger charge is 2.16. The van der Waals surface area contributed by atoms with E-state index in [0.29, 0.717) is 18.1 Å². The van der Waals surface area contributed by atoms with Crippen molar-refractivity contribution < 1.29 is 14.2 Å². The van der Waals surface area contributed by atoms with Crippen molar-refractivity contribution in [1.29, 1.82) is 10.8 Å². The van der Waals surface area contributed by atoms with E-state index in [9.17, 15) is 0 Å². The van der Waals surface area contributed by atoms with Crippen LogP contribution in [0.5, 0.6) is 17.2 Å². The fourth-order valence-electron chi connectivity index (χ4n) is 6.85. The molecular weight excluding hydrogens is 1270 g/mol. The lowest BCUT2D eigenvalue weighted by atomic mass is 10.1. The van der Waals surface area contributed by atoms with Crippen LogP contribution in [0.2, 0.25) is 0 Å². The Bertz CT molecular complexity index is 2500. The van der Waals surface area contributed by atoms with Crippen molar-refractivity contribution in [3.63, 3.8) is 0 Å². The zero-order chi connectivity index (χ0) is 50.8. The van der Waals surface area contributed by atoms with Gasteiger partial charge in [0.1, 0.15) is 17.2 Å². The van der Waals surface area contributed by atoms with Crippen molar-refractivity contribution in [2.45, 2.75) is 49.7 Å². The predicted octanol–water partition coefficient (Wildman–Crippen LogP) is 11.5. The summed E-state index contributed by atoms with van der Waals surface area (Å²) in [5.74, 6) is 5.74. The van der Waals surface area contributed by atoms with Crippen LogP contribution < -0.4 is 42.0 Å². The van der Waals surface area contributed by atoms with Gasteiger partial charge >= 0.3 is 0 Å². The minimum Gasteiger partial charge on any atom is -0.497 e. The largest absolute Gasteiger partial charge is 0.497 e. The first-order valence-electron chi connectivity index (χ1n) is 22.8.